The van der Waals surface area contributed by atoms with Crippen molar-refractivity contribution in [2.75, 3.05) is 18.0 Å². The van der Waals surface area contributed by atoms with Gasteiger partial charge in [0.1, 0.15) is 5.82 Å². The molecule has 0 spiro atoms. The fraction of sp³-hybridized carbons (Fsp3) is 0.667. The van der Waals surface area contributed by atoms with Crippen LogP contribution in [-0.4, -0.2) is 33.9 Å². The van der Waals surface area contributed by atoms with Gasteiger partial charge in [-0.25, -0.2) is 4.98 Å². The molecule has 19 heavy (non-hydrogen) atoms. The number of piperidine rings is 1. The Morgan fingerprint density at radius 1 is 1.32 bits per heavy atom. The van der Waals surface area contributed by atoms with E-state index >= 15 is 0 Å². The predicted molar refractivity (Wildman–Crippen MR) is 76.2 cm³/mol. The van der Waals surface area contributed by atoms with Gasteiger partial charge in [0.05, 0.1) is 12.2 Å². The zero-order valence-electron chi connectivity index (χ0n) is 11.9. The van der Waals surface area contributed by atoms with Crippen molar-refractivity contribution < 1.29 is 10.2 Å². The molecule has 0 atom stereocenters. The summed E-state index contributed by atoms with van der Waals surface area (Å²) in [6, 6.07) is 3.94. The highest BCUT2D eigenvalue weighted by atomic mass is 16.3. The lowest BCUT2D eigenvalue weighted by Crippen LogP contribution is -2.42. The number of pyridine rings is 1. The first-order valence-corrected chi connectivity index (χ1v) is 7.12. The molecule has 2 rings (SSSR count). The first-order valence-electron chi connectivity index (χ1n) is 7.12. The van der Waals surface area contributed by atoms with Gasteiger partial charge < -0.3 is 15.1 Å². The second kappa shape index (κ2) is 5.88. The van der Waals surface area contributed by atoms with Gasteiger partial charge in [0, 0.05) is 18.8 Å². The monoisotopic (exact) mass is 264 g/mol. The van der Waals surface area contributed by atoms with E-state index in [0.717, 1.165) is 55.8 Å². The molecular weight excluding hydrogens is 240 g/mol. The van der Waals surface area contributed by atoms with Crippen molar-refractivity contribution in [3.8, 4) is 0 Å². The highest BCUT2D eigenvalue weighted by Crippen LogP contribution is 2.25. The molecule has 0 bridgehead atoms. The van der Waals surface area contributed by atoms with Crippen LogP contribution in [0.5, 0.6) is 0 Å². The predicted octanol–water partition coefficient (Wildman–Crippen LogP) is 1.88. The van der Waals surface area contributed by atoms with Crippen molar-refractivity contribution in [2.24, 2.45) is 0 Å². The highest BCUT2D eigenvalue weighted by Gasteiger charge is 2.28. The molecular formula is C15H24N2O2. The number of hydrogen-bond acceptors (Lipinski definition) is 4. The van der Waals surface area contributed by atoms with Gasteiger partial charge in [0.2, 0.25) is 0 Å². The lowest BCUT2D eigenvalue weighted by atomic mass is 9.94. The minimum Gasteiger partial charge on any atom is -0.392 e. The summed E-state index contributed by atoms with van der Waals surface area (Å²) in [6.07, 6.45) is 3.52. The molecule has 0 unspecified atom stereocenters. The van der Waals surface area contributed by atoms with Crippen LogP contribution >= 0.6 is 0 Å². The van der Waals surface area contributed by atoms with Gasteiger partial charge in [-0.15, -0.1) is 0 Å². The van der Waals surface area contributed by atoms with E-state index in [1.54, 1.807) is 0 Å². The lowest BCUT2D eigenvalue weighted by molar-refractivity contribution is 0.0350. The fourth-order valence-corrected chi connectivity index (χ4v) is 2.49. The molecule has 106 valence electrons. The summed E-state index contributed by atoms with van der Waals surface area (Å²) in [6.45, 7) is 5.72. The standard InChI is InChI=1S/C15H24N2O2/c1-3-4-13-9-12(11-18)10-14(16-13)17-7-5-15(2,19)6-8-17/h9-10,18-19H,3-8,11H2,1-2H3. The van der Waals surface area contributed by atoms with Crippen LogP contribution in [0.25, 0.3) is 0 Å². The summed E-state index contributed by atoms with van der Waals surface area (Å²) in [5, 5.41) is 19.3. The maximum Gasteiger partial charge on any atom is 0.129 e. The van der Waals surface area contributed by atoms with Crippen LogP contribution < -0.4 is 4.90 Å². The van der Waals surface area contributed by atoms with Crippen LogP contribution in [-0.2, 0) is 13.0 Å². The molecule has 1 aromatic heterocycles. The first-order chi connectivity index (χ1) is 9.04. The third-order valence-electron chi connectivity index (χ3n) is 3.78. The molecule has 1 fully saturated rings. The summed E-state index contributed by atoms with van der Waals surface area (Å²) in [7, 11) is 0. The number of hydrogen-bond donors (Lipinski definition) is 2. The molecule has 0 saturated carbocycles. The number of aliphatic hydroxyl groups excluding tert-OH is 1. The molecule has 4 heteroatoms. The normalized spacial score (nSPS) is 18.6. The molecule has 2 heterocycles. The van der Waals surface area contributed by atoms with Crippen LogP contribution in [0, 0.1) is 0 Å². The highest BCUT2D eigenvalue weighted by molar-refractivity contribution is 5.43. The Morgan fingerprint density at radius 2 is 2.00 bits per heavy atom. The number of nitrogens with zero attached hydrogens (tertiary/aromatic N) is 2. The van der Waals surface area contributed by atoms with E-state index in [-0.39, 0.29) is 6.61 Å². The Kier molecular flexibility index (Phi) is 4.42. The largest absolute Gasteiger partial charge is 0.392 e. The molecule has 0 amide bonds. The van der Waals surface area contributed by atoms with E-state index in [9.17, 15) is 10.2 Å². The summed E-state index contributed by atoms with van der Waals surface area (Å²) in [4.78, 5) is 6.88. The number of anilines is 1. The number of aryl methyl sites for hydroxylation is 1. The molecule has 0 aliphatic carbocycles. The third kappa shape index (κ3) is 3.67. The van der Waals surface area contributed by atoms with E-state index in [2.05, 4.69) is 16.8 Å². The molecule has 1 aliphatic rings. The molecule has 1 aliphatic heterocycles. The summed E-state index contributed by atoms with van der Waals surface area (Å²) in [5.74, 6) is 0.936. The molecule has 1 saturated heterocycles. The zero-order valence-corrected chi connectivity index (χ0v) is 11.9. The van der Waals surface area contributed by atoms with Gasteiger partial charge >= 0.3 is 0 Å². The SMILES string of the molecule is CCCc1cc(CO)cc(N2CCC(C)(O)CC2)n1. The van der Waals surface area contributed by atoms with Gasteiger partial charge in [0.25, 0.3) is 0 Å². The lowest BCUT2D eigenvalue weighted by Gasteiger charge is -2.36. The van der Waals surface area contributed by atoms with Gasteiger partial charge in [-0.05, 0) is 43.9 Å². The maximum absolute atomic E-state index is 9.99. The smallest absolute Gasteiger partial charge is 0.129 e. The van der Waals surface area contributed by atoms with E-state index in [0.29, 0.717) is 0 Å². The second-order valence-electron chi connectivity index (χ2n) is 5.72. The van der Waals surface area contributed by atoms with Gasteiger partial charge in [0.15, 0.2) is 0 Å². The summed E-state index contributed by atoms with van der Waals surface area (Å²) >= 11 is 0. The molecule has 0 aromatic carbocycles. The Bertz CT molecular complexity index is 422. The van der Waals surface area contributed by atoms with Gasteiger partial charge in [-0.3, -0.25) is 0 Å². The van der Waals surface area contributed by atoms with Crippen LogP contribution in [0.1, 0.15) is 44.4 Å². The third-order valence-corrected chi connectivity index (χ3v) is 3.78. The first kappa shape index (κ1) is 14.3. The summed E-state index contributed by atoms with van der Waals surface area (Å²) < 4.78 is 0. The topological polar surface area (TPSA) is 56.6 Å². The molecule has 1 aromatic rings. The minimum atomic E-state index is -0.544. The molecule has 4 nitrogen and oxygen atoms in total. The minimum absolute atomic E-state index is 0.0534. The van der Waals surface area contributed by atoms with Crippen molar-refractivity contribution in [3.05, 3.63) is 23.4 Å². The molecule has 2 N–H and O–H groups in total. The zero-order chi connectivity index (χ0) is 13.9. The van der Waals surface area contributed by atoms with Crippen molar-refractivity contribution in [3.63, 3.8) is 0 Å². The number of aromatic nitrogens is 1. The van der Waals surface area contributed by atoms with Crippen LogP contribution in [0.15, 0.2) is 12.1 Å². The van der Waals surface area contributed by atoms with Crippen molar-refractivity contribution in [1.82, 2.24) is 4.98 Å². The Hall–Kier alpha value is -1.13. The molecule has 0 radical (unpaired) electrons. The van der Waals surface area contributed by atoms with Gasteiger partial charge in [-0.2, -0.15) is 0 Å². The fourth-order valence-electron chi connectivity index (χ4n) is 2.49. The van der Waals surface area contributed by atoms with Crippen molar-refractivity contribution >= 4 is 5.82 Å². The van der Waals surface area contributed by atoms with E-state index in [4.69, 9.17) is 0 Å². The van der Waals surface area contributed by atoms with Crippen LogP contribution in [0.4, 0.5) is 5.82 Å². The number of aliphatic hydroxyl groups is 2. The average molecular weight is 264 g/mol. The Labute approximate surface area is 115 Å². The van der Waals surface area contributed by atoms with Crippen LogP contribution in [0.2, 0.25) is 0 Å². The average Bonchev–Trinajstić information content (AvgIpc) is 2.38. The van der Waals surface area contributed by atoms with E-state index < -0.39 is 5.60 Å². The number of rotatable bonds is 4. The second-order valence-corrected chi connectivity index (χ2v) is 5.72. The maximum atomic E-state index is 9.99. The Morgan fingerprint density at radius 3 is 2.58 bits per heavy atom. The van der Waals surface area contributed by atoms with Crippen LogP contribution in [0.3, 0.4) is 0 Å². The van der Waals surface area contributed by atoms with Gasteiger partial charge in [-0.1, -0.05) is 13.3 Å². The van der Waals surface area contributed by atoms with Crippen molar-refractivity contribution in [2.45, 2.75) is 51.7 Å². The summed E-state index contributed by atoms with van der Waals surface area (Å²) in [5.41, 5.74) is 1.42. The quantitative estimate of drug-likeness (QED) is 0.872. The van der Waals surface area contributed by atoms with E-state index in [1.165, 1.54) is 0 Å². The Balaban J connectivity index is 2.17. The van der Waals surface area contributed by atoms with E-state index in [1.807, 2.05) is 19.1 Å². The van der Waals surface area contributed by atoms with Crippen molar-refractivity contribution in [1.29, 1.82) is 0 Å².